The molecular weight excluding hydrogens is 280 g/mol. The molecule has 2 aliphatic rings. The van der Waals surface area contributed by atoms with E-state index in [2.05, 4.69) is 20.8 Å². The Morgan fingerprint density at radius 1 is 1.32 bits per heavy atom. The minimum Gasteiger partial charge on any atom is -0.326 e. The molecule has 6 heteroatoms. The summed E-state index contributed by atoms with van der Waals surface area (Å²) in [5, 5.41) is 12.7. The number of benzene rings is 1. The molecule has 0 atom stereocenters. The van der Waals surface area contributed by atoms with Gasteiger partial charge >= 0.3 is 0 Å². The van der Waals surface area contributed by atoms with E-state index >= 15 is 0 Å². The Kier molecular flexibility index (Phi) is 2.96. The van der Waals surface area contributed by atoms with E-state index in [0.717, 1.165) is 22.5 Å². The van der Waals surface area contributed by atoms with Crippen LogP contribution in [-0.4, -0.2) is 22.0 Å². The van der Waals surface area contributed by atoms with Gasteiger partial charge in [0.1, 0.15) is 0 Å². The van der Waals surface area contributed by atoms with E-state index in [9.17, 15) is 9.59 Å². The normalized spacial score (nSPS) is 16.3. The standard InChI is InChI=1S/C16H16N4O2/c21-15(18-14-8-13(19-20-14)10-2-3-10)6-9-1-4-12-11(5-9)7-16(22)17-12/h1,4-5,8,10H,2-3,6-7H2,(H,17,22)(H2,18,19,20,21). The van der Waals surface area contributed by atoms with Gasteiger partial charge in [-0.25, -0.2) is 0 Å². The van der Waals surface area contributed by atoms with Crippen molar-refractivity contribution in [3.8, 4) is 0 Å². The Labute approximate surface area is 127 Å². The number of carbonyl (C=O) groups excluding carboxylic acids is 2. The molecule has 0 bridgehead atoms. The van der Waals surface area contributed by atoms with Crippen molar-refractivity contribution in [1.29, 1.82) is 0 Å². The summed E-state index contributed by atoms with van der Waals surface area (Å²) in [4.78, 5) is 23.4. The number of rotatable bonds is 4. The van der Waals surface area contributed by atoms with Crippen molar-refractivity contribution in [2.75, 3.05) is 10.6 Å². The van der Waals surface area contributed by atoms with Gasteiger partial charge in [-0.05, 0) is 30.0 Å². The fraction of sp³-hybridized carbons (Fsp3) is 0.312. The summed E-state index contributed by atoms with van der Waals surface area (Å²) in [6.07, 6.45) is 3.04. The van der Waals surface area contributed by atoms with Crippen molar-refractivity contribution in [2.24, 2.45) is 0 Å². The van der Waals surface area contributed by atoms with Crippen LogP contribution in [0.2, 0.25) is 0 Å². The van der Waals surface area contributed by atoms with Crippen LogP contribution in [0.5, 0.6) is 0 Å². The molecule has 0 spiro atoms. The lowest BCUT2D eigenvalue weighted by Gasteiger charge is -2.04. The van der Waals surface area contributed by atoms with E-state index in [-0.39, 0.29) is 18.2 Å². The number of hydrogen-bond acceptors (Lipinski definition) is 3. The third kappa shape index (κ3) is 2.59. The first-order valence-corrected chi connectivity index (χ1v) is 7.44. The maximum absolute atomic E-state index is 12.1. The lowest BCUT2D eigenvalue weighted by molar-refractivity contribution is -0.116. The molecule has 4 rings (SSSR count). The summed E-state index contributed by atoms with van der Waals surface area (Å²) in [5.41, 5.74) is 3.78. The Hall–Kier alpha value is -2.63. The molecule has 0 saturated heterocycles. The molecule has 6 nitrogen and oxygen atoms in total. The Balaban J connectivity index is 1.41. The average molecular weight is 296 g/mol. The monoisotopic (exact) mass is 296 g/mol. The van der Waals surface area contributed by atoms with Gasteiger partial charge in [-0.15, -0.1) is 0 Å². The quantitative estimate of drug-likeness (QED) is 0.806. The van der Waals surface area contributed by atoms with E-state index in [0.29, 0.717) is 18.2 Å². The predicted molar refractivity (Wildman–Crippen MR) is 81.7 cm³/mol. The molecule has 1 aromatic heterocycles. The van der Waals surface area contributed by atoms with Crippen molar-refractivity contribution < 1.29 is 9.59 Å². The van der Waals surface area contributed by atoms with E-state index in [1.807, 2.05) is 24.3 Å². The highest BCUT2D eigenvalue weighted by Gasteiger charge is 2.25. The molecule has 1 aliphatic carbocycles. The van der Waals surface area contributed by atoms with Crippen LogP contribution < -0.4 is 10.6 Å². The highest BCUT2D eigenvalue weighted by molar-refractivity contribution is 5.99. The van der Waals surface area contributed by atoms with Gasteiger partial charge in [0.15, 0.2) is 5.82 Å². The smallest absolute Gasteiger partial charge is 0.229 e. The maximum atomic E-state index is 12.1. The minimum absolute atomic E-state index is 0.000676. The van der Waals surface area contributed by atoms with Gasteiger partial charge in [0.2, 0.25) is 11.8 Å². The van der Waals surface area contributed by atoms with E-state index in [1.165, 1.54) is 12.8 Å². The van der Waals surface area contributed by atoms with Crippen LogP contribution in [0.4, 0.5) is 11.5 Å². The zero-order valence-electron chi connectivity index (χ0n) is 12.0. The van der Waals surface area contributed by atoms with Crippen LogP contribution in [0.3, 0.4) is 0 Å². The summed E-state index contributed by atoms with van der Waals surface area (Å²) in [5.74, 6) is 1.05. The van der Waals surface area contributed by atoms with Crippen LogP contribution in [0.1, 0.15) is 35.6 Å². The van der Waals surface area contributed by atoms with Crippen LogP contribution >= 0.6 is 0 Å². The summed E-state index contributed by atoms with van der Waals surface area (Å²) in [6, 6.07) is 7.53. The predicted octanol–water partition coefficient (Wildman–Crippen LogP) is 1.96. The SMILES string of the molecule is O=C(Cc1ccc2c(c1)CC(=O)N2)Nc1cc(C2CC2)[nH]n1. The summed E-state index contributed by atoms with van der Waals surface area (Å²) < 4.78 is 0. The number of amides is 2. The third-order valence-corrected chi connectivity index (χ3v) is 4.04. The Bertz CT molecular complexity index is 761. The highest BCUT2D eigenvalue weighted by Crippen LogP contribution is 2.39. The topological polar surface area (TPSA) is 86.9 Å². The first-order chi connectivity index (χ1) is 10.7. The summed E-state index contributed by atoms with van der Waals surface area (Å²) in [6.45, 7) is 0. The highest BCUT2D eigenvalue weighted by atomic mass is 16.2. The summed E-state index contributed by atoms with van der Waals surface area (Å²) >= 11 is 0. The first-order valence-electron chi connectivity index (χ1n) is 7.44. The first kappa shape index (κ1) is 13.1. The van der Waals surface area contributed by atoms with Crippen LogP contribution in [0.25, 0.3) is 0 Å². The van der Waals surface area contributed by atoms with Crippen LogP contribution in [0.15, 0.2) is 24.3 Å². The minimum atomic E-state index is -0.105. The van der Waals surface area contributed by atoms with Gasteiger partial charge in [-0.3, -0.25) is 14.7 Å². The number of nitrogens with one attached hydrogen (secondary N) is 3. The van der Waals surface area contributed by atoms with Gasteiger partial charge in [0.05, 0.1) is 12.8 Å². The molecule has 3 N–H and O–H groups in total. The maximum Gasteiger partial charge on any atom is 0.229 e. The molecule has 112 valence electrons. The van der Waals surface area contributed by atoms with Crippen LogP contribution in [0, 0.1) is 0 Å². The fourth-order valence-electron chi connectivity index (χ4n) is 2.77. The number of aromatic amines is 1. The Morgan fingerprint density at radius 3 is 3.00 bits per heavy atom. The second-order valence-electron chi connectivity index (χ2n) is 5.92. The average Bonchev–Trinajstić information content (AvgIpc) is 3.11. The van der Waals surface area contributed by atoms with E-state index in [4.69, 9.17) is 0 Å². The van der Waals surface area contributed by atoms with Gasteiger partial charge in [-0.2, -0.15) is 5.10 Å². The third-order valence-electron chi connectivity index (χ3n) is 4.04. The van der Waals surface area contributed by atoms with Crippen molar-refractivity contribution in [2.45, 2.75) is 31.6 Å². The number of fused-ring (bicyclic) bond motifs is 1. The molecule has 2 amide bonds. The van der Waals surface area contributed by atoms with E-state index < -0.39 is 0 Å². The molecule has 1 fully saturated rings. The molecule has 0 radical (unpaired) electrons. The molecule has 2 aromatic rings. The molecule has 0 unspecified atom stereocenters. The molecule has 2 heterocycles. The van der Waals surface area contributed by atoms with Crippen molar-refractivity contribution >= 4 is 23.3 Å². The van der Waals surface area contributed by atoms with Gasteiger partial charge in [0.25, 0.3) is 0 Å². The zero-order chi connectivity index (χ0) is 15.1. The number of nitrogens with zero attached hydrogens (tertiary/aromatic N) is 1. The number of carbonyl (C=O) groups is 2. The molecule has 1 aromatic carbocycles. The lowest BCUT2D eigenvalue weighted by Crippen LogP contribution is -2.14. The largest absolute Gasteiger partial charge is 0.326 e. The fourth-order valence-corrected chi connectivity index (χ4v) is 2.77. The second kappa shape index (κ2) is 4.98. The second-order valence-corrected chi connectivity index (χ2v) is 5.92. The molecule has 1 aliphatic heterocycles. The Morgan fingerprint density at radius 2 is 2.18 bits per heavy atom. The number of H-pyrrole nitrogens is 1. The number of hydrogen-bond donors (Lipinski definition) is 3. The van der Waals surface area contributed by atoms with Crippen molar-refractivity contribution in [3.63, 3.8) is 0 Å². The van der Waals surface area contributed by atoms with Gasteiger partial charge in [0, 0.05) is 23.4 Å². The van der Waals surface area contributed by atoms with Crippen molar-refractivity contribution in [1.82, 2.24) is 10.2 Å². The zero-order valence-corrected chi connectivity index (χ0v) is 12.0. The summed E-state index contributed by atoms with van der Waals surface area (Å²) in [7, 11) is 0. The molecular formula is C16H16N4O2. The number of aromatic nitrogens is 2. The molecule has 22 heavy (non-hydrogen) atoms. The van der Waals surface area contributed by atoms with E-state index in [1.54, 1.807) is 0 Å². The van der Waals surface area contributed by atoms with Crippen LogP contribution in [-0.2, 0) is 22.4 Å². The number of anilines is 2. The van der Waals surface area contributed by atoms with Gasteiger partial charge in [-0.1, -0.05) is 12.1 Å². The lowest BCUT2D eigenvalue weighted by atomic mass is 10.1. The molecule has 1 saturated carbocycles. The van der Waals surface area contributed by atoms with Gasteiger partial charge < -0.3 is 10.6 Å². The van der Waals surface area contributed by atoms with Crippen molar-refractivity contribution in [3.05, 3.63) is 41.1 Å².